The molecule has 0 spiro atoms. The van der Waals surface area contributed by atoms with E-state index < -0.39 is 11.9 Å². The van der Waals surface area contributed by atoms with Crippen LogP contribution in [0.1, 0.15) is 6.92 Å². The van der Waals surface area contributed by atoms with Gasteiger partial charge in [0.15, 0.2) is 0 Å². The predicted molar refractivity (Wildman–Crippen MR) is 64.0 cm³/mol. The van der Waals surface area contributed by atoms with Gasteiger partial charge in [-0.3, -0.25) is 9.59 Å². The van der Waals surface area contributed by atoms with Crippen molar-refractivity contribution in [2.75, 3.05) is 33.7 Å². The third kappa shape index (κ3) is 3.12. The number of hydrogen-bond acceptors (Lipinski definition) is 3. The molecular formula is C11H19N3O4. The lowest BCUT2D eigenvalue weighted by Gasteiger charge is -2.23. The Morgan fingerprint density at radius 1 is 1.39 bits per heavy atom. The van der Waals surface area contributed by atoms with Crippen LogP contribution in [0.4, 0.5) is 4.79 Å². The molecule has 102 valence electrons. The largest absolute Gasteiger partial charge is 0.481 e. The fourth-order valence-electron chi connectivity index (χ4n) is 2.05. The summed E-state index contributed by atoms with van der Waals surface area (Å²) in [5, 5.41) is 11.4. The normalized spacial score (nSPS) is 22.7. The number of urea groups is 1. The van der Waals surface area contributed by atoms with Gasteiger partial charge in [-0.2, -0.15) is 0 Å². The number of carboxylic acids is 1. The molecule has 2 N–H and O–H groups in total. The predicted octanol–water partition coefficient (Wildman–Crippen LogP) is -0.563. The molecule has 7 nitrogen and oxygen atoms in total. The zero-order chi connectivity index (χ0) is 13.9. The van der Waals surface area contributed by atoms with E-state index in [1.54, 1.807) is 0 Å². The molecule has 0 bridgehead atoms. The summed E-state index contributed by atoms with van der Waals surface area (Å²) in [5.41, 5.74) is 0. The zero-order valence-corrected chi connectivity index (χ0v) is 10.8. The average molecular weight is 257 g/mol. The number of rotatable bonds is 3. The van der Waals surface area contributed by atoms with Gasteiger partial charge < -0.3 is 20.2 Å². The fourth-order valence-corrected chi connectivity index (χ4v) is 2.05. The highest BCUT2D eigenvalue weighted by atomic mass is 16.4. The highest BCUT2D eigenvalue weighted by Crippen LogP contribution is 2.23. The first-order valence-corrected chi connectivity index (χ1v) is 5.80. The summed E-state index contributed by atoms with van der Waals surface area (Å²) >= 11 is 0. The first-order valence-electron chi connectivity index (χ1n) is 5.80. The summed E-state index contributed by atoms with van der Waals surface area (Å²) in [6.45, 7) is 2.39. The maximum atomic E-state index is 12.0. The maximum Gasteiger partial charge on any atom is 0.320 e. The number of carboxylic acid groups (broad SMARTS) is 1. The van der Waals surface area contributed by atoms with E-state index in [2.05, 4.69) is 5.32 Å². The van der Waals surface area contributed by atoms with Crippen LogP contribution < -0.4 is 5.32 Å². The number of likely N-dealkylation sites (tertiary alicyclic amines) is 1. The smallest absolute Gasteiger partial charge is 0.320 e. The van der Waals surface area contributed by atoms with E-state index in [-0.39, 0.29) is 30.9 Å². The number of hydrogen-bond donors (Lipinski definition) is 2. The van der Waals surface area contributed by atoms with Crippen LogP contribution in [0, 0.1) is 11.8 Å². The Labute approximate surface area is 106 Å². The molecule has 0 aromatic heterocycles. The molecule has 0 radical (unpaired) electrons. The Balaban J connectivity index is 2.58. The molecule has 1 fully saturated rings. The van der Waals surface area contributed by atoms with Gasteiger partial charge in [0, 0.05) is 27.2 Å². The molecule has 0 aromatic rings. The van der Waals surface area contributed by atoms with Crippen molar-refractivity contribution >= 4 is 17.9 Å². The molecule has 1 aliphatic rings. The van der Waals surface area contributed by atoms with E-state index in [1.807, 2.05) is 6.92 Å². The van der Waals surface area contributed by atoms with Crippen molar-refractivity contribution in [2.45, 2.75) is 6.92 Å². The van der Waals surface area contributed by atoms with Crippen LogP contribution in [-0.4, -0.2) is 66.5 Å². The third-order valence-electron chi connectivity index (χ3n) is 3.19. The van der Waals surface area contributed by atoms with Crippen LogP contribution in [0.15, 0.2) is 0 Å². The molecule has 1 saturated heterocycles. The standard InChI is InChI=1S/C11H19N3O4/c1-7-4-14(5-8(7)10(16)17)11(18)13(3)6-9(15)12-2/h7-8H,4-6H2,1-3H3,(H,12,15)(H,16,17). The van der Waals surface area contributed by atoms with Crippen LogP contribution >= 0.6 is 0 Å². The van der Waals surface area contributed by atoms with Gasteiger partial charge in [-0.15, -0.1) is 0 Å². The number of carbonyl (C=O) groups excluding carboxylic acids is 2. The molecule has 0 aromatic carbocycles. The highest BCUT2D eigenvalue weighted by molar-refractivity contribution is 5.84. The second kappa shape index (κ2) is 5.70. The molecular weight excluding hydrogens is 238 g/mol. The van der Waals surface area contributed by atoms with Crippen molar-refractivity contribution in [1.82, 2.24) is 15.1 Å². The summed E-state index contributed by atoms with van der Waals surface area (Å²) in [7, 11) is 3.02. The van der Waals surface area contributed by atoms with Gasteiger partial charge in [-0.1, -0.05) is 6.92 Å². The van der Waals surface area contributed by atoms with E-state index >= 15 is 0 Å². The second-order valence-corrected chi connectivity index (χ2v) is 4.64. The number of nitrogens with zero attached hydrogens (tertiary/aromatic N) is 2. The van der Waals surface area contributed by atoms with Gasteiger partial charge in [0.2, 0.25) is 5.91 Å². The molecule has 2 atom stereocenters. The third-order valence-corrected chi connectivity index (χ3v) is 3.19. The van der Waals surface area contributed by atoms with Crippen molar-refractivity contribution in [1.29, 1.82) is 0 Å². The van der Waals surface area contributed by atoms with E-state index in [0.29, 0.717) is 6.54 Å². The SMILES string of the molecule is CNC(=O)CN(C)C(=O)N1CC(C)C(C(=O)O)C1. The van der Waals surface area contributed by atoms with Crippen molar-refractivity contribution in [3.05, 3.63) is 0 Å². The first kappa shape index (κ1) is 14.3. The van der Waals surface area contributed by atoms with E-state index in [1.165, 1.54) is 23.9 Å². The monoisotopic (exact) mass is 257 g/mol. The Hall–Kier alpha value is -1.79. The molecule has 1 rings (SSSR count). The number of likely N-dealkylation sites (N-methyl/N-ethyl adjacent to an activating group) is 2. The number of nitrogens with one attached hydrogen (secondary N) is 1. The molecule has 1 heterocycles. The van der Waals surface area contributed by atoms with Crippen LogP contribution in [0.3, 0.4) is 0 Å². The lowest BCUT2D eigenvalue weighted by atomic mass is 9.99. The van der Waals surface area contributed by atoms with Crippen molar-refractivity contribution in [2.24, 2.45) is 11.8 Å². The lowest BCUT2D eigenvalue weighted by molar-refractivity contribution is -0.142. The summed E-state index contributed by atoms with van der Waals surface area (Å²) in [4.78, 5) is 36.9. The second-order valence-electron chi connectivity index (χ2n) is 4.64. The molecule has 18 heavy (non-hydrogen) atoms. The minimum Gasteiger partial charge on any atom is -0.481 e. The minimum atomic E-state index is -0.883. The van der Waals surface area contributed by atoms with E-state index in [0.717, 1.165) is 0 Å². The van der Waals surface area contributed by atoms with Crippen LogP contribution in [0.25, 0.3) is 0 Å². The Bertz CT molecular complexity index is 358. The minimum absolute atomic E-state index is 0.0298. The first-order chi connectivity index (χ1) is 8.36. The van der Waals surface area contributed by atoms with Gasteiger partial charge in [0.05, 0.1) is 5.92 Å². The molecule has 7 heteroatoms. The molecule has 0 aliphatic carbocycles. The molecule has 1 aliphatic heterocycles. The van der Waals surface area contributed by atoms with Gasteiger partial charge in [0.25, 0.3) is 0 Å². The highest BCUT2D eigenvalue weighted by Gasteiger charge is 2.37. The van der Waals surface area contributed by atoms with Gasteiger partial charge in [0.1, 0.15) is 6.54 Å². The van der Waals surface area contributed by atoms with Crippen molar-refractivity contribution in [3.8, 4) is 0 Å². The molecule has 3 amide bonds. The van der Waals surface area contributed by atoms with Crippen LogP contribution in [0.2, 0.25) is 0 Å². The Morgan fingerprint density at radius 2 is 2.00 bits per heavy atom. The van der Waals surface area contributed by atoms with Crippen molar-refractivity contribution in [3.63, 3.8) is 0 Å². The van der Waals surface area contributed by atoms with E-state index in [9.17, 15) is 14.4 Å². The van der Waals surface area contributed by atoms with Gasteiger partial charge >= 0.3 is 12.0 Å². The Morgan fingerprint density at radius 3 is 2.44 bits per heavy atom. The summed E-state index contributed by atoms with van der Waals surface area (Å²) in [6, 6.07) is -0.311. The number of amides is 3. The summed E-state index contributed by atoms with van der Waals surface area (Å²) in [6.07, 6.45) is 0. The van der Waals surface area contributed by atoms with E-state index in [4.69, 9.17) is 5.11 Å². The fraction of sp³-hybridized carbons (Fsp3) is 0.727. The maximum absolute atomic E-state index is 12.0. The number of aliphatic carboxylic acids is 1. The Kier molecular flexibility index (Phi) is 4.52. The topological polar surface area (TPSA) is 90.0 Å². The molecule has 2 unspecified atom stereocenters. The summed E-state index contributed by atoms with van der Waals surface area (Å²) < 4.78 is 0. The lowest BCUT2D eigenvalue weighted by Crippen LogP contribution is -2.44. The van der Waals surface area contributed by atoms with Gasteiger partial charge in [-0.25, -0.2) is 4.79 Å². The molecule has 0 saturated carbocycles. The summed E-state index contributed by atoms with van der Waals surface area (Å²) in [5.74, 6) is -1.73. The van der Waals surface area contributed by atoms with Crippen molar-refractivity contribution < 1.29 is 19.5 Å². The van der Waals surface area contributed by atoms with Crippen LogP contribution in [0.5, 0.6) is 0 Å². The quantitative estimate of drug-likeness (QED) is 0.709. The van der Waals surface area contributed by atoms with Crippen LogP contribution in [-0.2, 0) is 9.59 Å². The number of carbonyl (C=O) groups is 3. The van der Waals surface area contributed by atoms with Gasteiger partial charge in [-0.05, 0) is 5.92 Å². The average Bonchev–Trinajstić information content (AvgIpc) is 2.70. The zero-order valence-electron chi connectivity index (χ0n) is 10.8.